The lowest BCUT2D eigenvalue weighted by molar-refractivity contribution is -0.147. The number of carbonyl (C=O) groups is 1. The summed E-state index contributed by atoms with van der Waals surface area (Å²) in [5.74, 6) is -0.134. The average Bonchev–Trinajstić information content (AvgIpc) is 2.36. The van der Waals surface area contributed by atoms with Crippen molar-refractivity contribution >= 4 is 29.0 Å². The number of hydrogen-bond acceptors (Lipinski definition) is 2. The zero-order chi connectivity index (χ0) is 11.6. The van der Waals surface area contributed by atoms with E-state index in [1.165, 1.54) is 0 Å². The Morgan fingerprint density at radius 1 is 1.07 bits per heavy atom. The van der Waals surface area contributed by atoms with Gasteiger partial charge in [-0.25, -0.2) is 0 Å². The van der Waals surface area contributed by atoms with Gasteiger partial charge in [-0.3, -0.25) is 4.79 Å². The summed E-state index contributed by atoms with van der Waals surface area (Å²) in [6, 6.07) is 0. The molecule has 0 aliphatic carbocycles. The predicted molar refractivity (Wildman–Crippen MR) is 60.6 cm³/mol. The second kappa shape index (κ2) is 2.99. The van der Waals surface area contributed by atoms with Crippen molar-refractivity contribution in [1.82, 2.24) is 0 Å². The SMILES string of the molecule is CC1=C(C)C2(C)OC1(C)C(Cl)C(=O)C2Cl. The molecule has 2 rings (SSSR count). The molecule has 4 unspecified atom stereocenters. The van der Waals surface area contributed by atoms with Crippen molar-refractivity contribution in [3.05, 3.63) is 11.1 Å². The largest absolute Gasteiger partial charge is 0.356 e. The summed E-state index contributed by atoms with van der Waals surface area (Å²) in [6.45, 7) is 7.63. The molecule has 0 aromatic rings. The Kier molecular flexibility index (Phi) is 2.28. The molecule has 0 aromatic heterocycles. The van der Waals surface area contributed by atoms with Gasteiger partial charge in [0.05, 0.1) is 0 Å². The third-order valence-corrected chi connectivity index (χ3v) is 5.21. The van der Waals surface area contributed by atoms with Crippen LogP contribution >= 0.6 is 23.2 Å². The van der Waals surface area contributed by atoms with Gasteiger partial charge in [0.1, 0.15) is 22.0 Å². The maximum atomic E-state index is 11.9. The van der Waals surface area contributed by atoms with E-state index >= 15 is 0 Å². The van der Waals surface area contributed by atoms with E-state index in [0.29, 0.717) is 0 Å². The third-order valence-electron chi connectivity index (χ3n) is 3.94. The van der Waals surface area contributed by atoms with Gasteiger partial charge in [-0.2, -0.15) is 0 Å². The Labute approximate surface area is 99.6 Å². The number of halogens is 2. The topological polar surface area (TPSA) is 26.3 Å². The maximum absolute atomic E-state index is 11.9. The highest BCUT2D eigenvalue weighted by atomic mass is 35.5. The van der Waals surface area contributed by atoms with Crippen molar-refractivity contribution in [3.63, 3.8) is 0 Å². The van der Waals surface area contributed by atoms with Crippen LogP contribution in [0, 0.1) is 0 Å². The van der Waals surface area contributed by atoms with E-state index in [-0.39, 0.29) is 5.78 Å². The van der Waals surface area contributed by atoms with E-state index in [2.05, 4.69) is 0 Å². The number of Topliss-reactive ketones (excluding diaryl/α,β-unsaturated/α-hetero) is 1. The molecule has 15 heavy (non-hydrogen) atoms. The zero-order valence-corrected chi connectivity index (χ0v) is 10.7. The second-order valence-corrected chi connectivity index (χ2v) is 5.57. The molecular formula is C11H14Cl2O2. The van der Waals surface area contributed by atoms with Crippen LogP contribution in [0.3, 0.4) is 0 Å². The summed E-state index contributed by atoms with van der Waals surface area (Å²) in [7, 11) is 0. The Hall–Kier alpha value is -0.0500. The Balaban J connectivity index is 2.63. The van der Waals surface area contributed by atoms with Crippen LogP contribution < -0.4 is 0 Å². The van der Waals surface area contributed by atoms with Crippen molar-refractivity contribution in [2.45, 2.75) is 49.7 Å². The number of alkyl halides is 2. The first-order valence-electron chi connectivity index (χ1n) is 4.95. The standard InChI is InChI=1S/C11H14Cl2O2/c1-5-6(2)11(4)9(13)7(14)8(12)10(5,3)15-11/h8-9H,1-4H3. The fourth-order valence-electron chi connectivity index (χ4n) is 2.49. The van der Waals surface area contributed by atoms with E-state index in [1.54, 1.807) is 0 Å². The van der Waals surface area contributed by atoms with Crippen molar-refractivity contribution < 1.29 is 9.53 Å². The molecule has 2 bridgehead atoms. The number of hydrogen-bond donors (Lipinski definition) is 0. The highest BCUT2D eigenvalue weighted by Crippen LogP contribution is 2.52. The lowest BCUT2D eigenvalue weighted by Gasteiger charge is -2.43. The first kappa shape index (κ1) is 11.4. The number of carbonyl (C=O) groups excluding carboxylic acids is 1. The molecular weight excluding hydrogens is 235 g/mol. The molecule has 4 heteroatoms. The first-order valence-corrected chi connectivity index (χ1v) is 5.83. The lowest BCUT2D eigenvalue weighted by Crippen LogP contribution is -2.58. The molecule has 1 saturated heterocycles. The van der Waals surface area contributed by atoms with Gasteiger partial charge in [0, 0.05) is 0 Å². The van der Waals surface area contributed by atoms with Gasteiger partial charge in [0.15, 0.2) is 5.78 Å². The van der Waals surface area contributed by atoms with E-state index in [1.807, 2.05) is 27.7 Å². The monoisotopic (exact) mass is 248 g/mol. The first-order chi connectivity index (χ1) is 6.75. The van der Waals surface area contributed by atoms with Crippen molar-refractivity contribution in [2.75, 3.05) is 0 Å². The summed E-state index contributed by atoms with van der Waals surface area (Å²) in [6.07, 6.45) is 0. The van der Waals surface area contributed by atoms with Crippen LogP contribution in [0.25, 0.3) is 0 Å². The molecule has 2 nitrogen and oxygen atoms in total. The normalized spacial score (nSPS) is 50.1. The molecule has 2 aliphatic heterocycles. The summed E-state index contributed by atoms with van der Waals surface area (Å²) in [4.78, 5) is 11.9. The smallest absolute Gasteiger partial charge is 0.175 e. The third kappa shape index (κ3) is 1.13. The molecule has 0 saturated carbocycles. The van der Waals surface area contributed by atoms with Crippen LogP contribution in [-0.2, 0) is 9.53 Å². The molecule has 0 amide bonds. The molecule has 84 valence electrons. The summed E-state index contributed by atoms with van der Waals surface area (Å²) in [5, 5.41) is -1.38. The molecule has 4 atom stereocenters. The summed E-state index contributed by atoms with van der Waals surface area (Å²) < 4.78 is 5.93. The molecule has 1 fully saturated rings. The minimum Gasteiger partial charge on any atom is -0.356 e. The highest BCUT2D eigenvalue weighted by Gasteiger charge is 2.62. The minimum atomic E-state index is -0.692. The molecule has 0 N–H and O–H groups in total. The van der Waals surface area contributed by atoms with Gasteiger partial charge >= 0.3 is 0 Å². The minimum absolute atomic E-state index is 0.134. The molecule has 0 spiro atoms. The van der Waals surface area contributed by atoms with Crippen LogP contribution in [0.2, 0.25) is 0 Å². The van der Waals surface area contributed by atoms with Crippen LogP contribution in [0.5, 0.6) is 0 Å². The molecule has 0 aromatic carbocycles. The fraction of sp³-hybridized carbons (Fsp3) is 0.727. The summed E-state index contributed by atoms with van der Waals surface area (Å²) >= 11 is 12.2. The molecule has 0 radical (unpaired) electrons. The van der Waals surface area contributed by atoms with Crippen molar-refractivity contribution in [2.24, 2.45) is 0 Å². The van der Waals surface area contributed by atoms with Crippen molar-refractivity contribution in [1.29, 1.82) is 0 Å². The fourth-order valence-corrected chi connectivity index (χ4v) is 3.23. The van der Waals surface area contributed by atoms with Crippen LogP contribution in [0.1, 0.15) is 27.7 Å². The predicted octanol–water partition coefficient (Wildman–Crippen LogP) is 2.67. The quantitative estimate of drug-likeness (QED) is 0.487. The Morgan fingerprint density at radius 2 is 1.40 bits per heavy atom. The number of ketones is 1. The Morgan fingerprint density at radius 3 is 1.73 bits per heavy atom. The van der Waals surface area contributed by atoms with E-state index in [0.717, 1.165) is 11.1 Å². The van der Waals surface area contributed by atoms with Gasteiger partial charge < -0.3 is 4.74 Å². The number of fused-ring (bicyclic) bond motifs is 2. The van der Waals surface area contributed by atoms with E-state index in [9.17, 15) is 4.79 Å². The summed E-state index contributed by atoms with van der Waals surface area (Å²) in [5.41, 5.74) is 0.675. The van der Waals surface area contributed by atoms with Gasteiger partial charge in [-0.15, -0.1) is 23.2 Å². The van der Waals surface area contributed by atoms with Gasteiger partial charge in [-0.05, 0) is 38.8 Å². The maximum Gasteiger partial charge on any atom is 0.175 e. The Bertz CT molecular complexity index is 345. The average molecular weight is 249 g/mol. The lowest BCUT2D eigenvalue weighted by atomic mass is 9.89. The van der Waals surface area contributed by atoms with Gasteiger partial charge in [0.25, 0.3) is 0 Å². The van der Waals surface area contributed by atoms with E-state index < -0.39 is 22.0 Å². The van der Waals surface area contributed by atoms with Gasteiger partial charge in [-0.1, -0.05) is 0 Å². The molecule has 2 aliphatic rings. The van der Waals surface area contributed by atoms with Gasteiger partial charge in [0.2, 0.25) is 0 Å². The molecule has 2 heterocycles. The van der Waals surface area contributed by atoms with Crippen LogP contribution in [-0.4, -0.2) is 27.7 Å². The zero-order valence-electron chi connectivity index (χ0n) is 9.23. The second-order valence-electron chi connectivity index (χ2n) is 4.69. The number of ether oxygens (including phenoxy) is 1. The highest BCUT2D eigenvalue weighted by molar-refractivity contribution is 6.42. The van der Waals surface area contributed by atoms with Crippen LogP contribution in [0.15, 0.2) is 11.1 Å². The van der Waals surface area contributed by atoms with Crippen molar-refractivity contribution in [3.8, 4) is 0 Å². The van der Waals surface area contributed by atoms with E-state index in [4.69, 9.17) is 27.9 Å². The number of rotatable bonds is 0. The van der Waals surface area contributed by atoms with Crippen LogP contribution in [0.4, 0.5) is 0 Å².